The van der Waals surface area contributed by atoms with Crippen LogP contribution in [0, 0.1) is 18.3 Å². The third-order valence-electron chi connectivity index (χ3n) is 2.01. The van der Waals surface area contributed by atoms with Crippen molar-refractivity contribution in [1.82, 2.24) is 0 Å². The molecule has 0 aromatic heterocycles. The van der Waals surface area contributed by atoms with Crippen LogP contribution in [0.3, 0.4) is 0 Å². The molecule has 0 aliphatic carbocycles. The number of hydrogen-bond donors (Lipinski definition) is 0. The Balaban J connectivity index is 2.89. The largest absolute Gasteiger partial charge is 0.198 e. The van der Waals surface area contributed by atoms with Crippen LogP contribution in [-0.2, 0) is 12.3 Å². The molecule has 0 saturated heterocycles. The Morgan fingerprint density at radius 1 is 1.38 bits per heavy atom. The highest BCUT2D eigenvalue weighted by Gasteiger charge is 2.00. The number of benzene rings is 1. The van der Waals surface area contributed by atoms with Crippen LogP contribution in [-0.4, -0.2) is 0 Å². The summed E-state index contributed by atoms with van der Waals surface area (Å²) in [5, 5.41) is 8.48. The first-order chi connectivity index (χ1) is 6.27. The highest BCUT2D eigenvalue weighted by molar-refractivity contribution is 6.17. The van der Waals surface area contributed by atoms with Crippen molar-refractivity contribution < 1.29 is 0 Å². The molecular weight excluding hydrogens is 182 g/mol. The lowest BCUT2D eigenvalue weighted by molar-refractivity contribution is 0.989. The van der Waals surface area contributed by atoms with E-state index in [2.05, 4.69) is 12.1 Å². The molecule has 1 aromatic carbocycles. The van der Waals surface area contributed by atoms with Crippen molar-refractivity contribution in [3.63, 3.8) is 0 Å². The molecule has 0 heterocycles. The lowest BCUT2D eigenvalue weighted by atomic mass is 10.0. The summed E-state index contributed by atoms with van der Waals surface area (Å²) in [5.41, 5.74) is 3.57. The van der Waals surface area contributed by atoms with E-state index in [0.717, 1.165) is 12.0 Å². The molecule has 0 atom stereocenters. The zero-order chi connectivity index (χ0) is 9.68. The van der Waals surface area contributed by atoms with Crippen molar-refractivity contribution >= 4 is 11.6 Å². The summed E-state index contributed by atoms with van der Waals surface area (Å²) in [6.45, 7) is 2.05. The van der Waals surface area contributed by atoms with E-state index >= 15 is 0 Å². The van der Waals surface area contributed by atoms with Gasteiger partial charge in [-0.2, -0.15) is 5.26 Å². The highest BCUT2D eigenvalue weighted by Crippen LogP contribution is 2.15. The van der Waals surface area contributed by atoms with Crippen molar-refractivity contribution in [2.24, 2.45) is 0 Å². The lowest BCUT2D eigenvalue weighted by Crippen LogP contribution is -1.92. The molecule has 0 radical (unpaired) electrons. The van der Waals surface area contributed by atoms with Crippen LogP contribution in [0.5, 0.6) is 0 Å². The first kappa shape index (κ1) is 10.1. The molecule has 1 nitrogen and oxygen atoms in total. The van der Waals surface area contributed by atoms with Crippen LogP contribution < -0.4 is 0 Å². The zero-order valence-corrected chi connectivity index (χ0v) is 8.43. The van der Waals surface area contributed by atoms with Crippen molar-refractivity contribution in [1.29, 1.82) is 5.26 Å². The standard InChI is InChI=1S/C11H12ClN/c1-9-4-5-11(8-12)10(7-9)3-2-6-13/h4-5,7H,2-3,8H2,1H3. The molecular formula is C11H12ClN. The average Bonchev–Trinajstić information content (AvgIpc) is 2.15. The Kier molecular flexibility index (Phi) is 3.79. The molecule has 0 unspecified atom stereocenters. The maximum absolute atomic E-state index is 8.48. The molecule has 0 fully saturated rings. The van der Waals surface area contributed by atoms with Crippen molar-refractivity contribution in [3.8, 4) is 6.07 Å². The number of nitrogens with zero attached hydrogens (tertiary/aromatic N) is 1. The number of alkyl halides is 1. The Morgan fingerprint density at radius 2 is 2.15 bits per heavy atom. The minimum absolute atomic E-state index is 0.529. The van der Waals surface area contributed by atoms with Gasteiger partial charge in [0.2, 0.25) is 0 Å². The zero-order valence-electron chi connectivity index (χ0n) is 7.68. The van der Waals surface area contributed by atoms with Gasteiger partial charge in [-0.25, -0.2) is 0 Å². The summed E-state index contributed by atoms with van der Waals surface area (Å²) >= 11 is 5.78. The van der Waals surface area contributed by atoms with Crippen molar-refractivity contribution in [2.45, 2.75) is 25.6 Å². The fraction of sp³-hybridized carbons (Fsp3) is 0.364. The second-order valence-electron chi connectivity index (χ2n) is 3.06. The summed E-state index contributed by atoms with van der Waals surface area (Å²) in [6.07, 6.45) is 1.37. The van der Waals surface area contributed by atoms with Crippen molar-refractivity contribution in [2.75, 3.05) is 0 Å². The van der Waals surface area contributed by atoms with Crippen LogP contribution in [0.2, 0.25) is 0 Å². The molecule has 0 amide bonds. The van der Waals surface area contributed by atoms with Crippen LogP contribution in [0.25, 0.3) is 0 Å². The quantitative estimate of drug-likeness (QED) is 0.677. The minimum Gasteiger partial charge on any atom is -0.198 e. The minimum atomic E-state index is 0.529. The monoisotopic (exact) mass is 193 g/mol. The number of hydrogen-bond acceptors (Lipinski definition) is 1. The van der Waals surface area contributed by atoms with Gasteiger partial charge < -0.3 is 0 Å². The molecule has 13 heavy (non-hydrogen) atoms. The third kappa shape index (κ3) is 2.75. The van der Waals surface area contributed by atoms with Crippen LogP contribution in [0.1, 0.15) is 23.1 Å². The van der Waals surface area contributed by atoms with E-state index in [4.69, 9.17) is 16.9 Å². The molecule has 1 aromatic rings. The van der Waals surface area contributed by atoms with E-state index in [9.17, 15) is 0 Å². The van der Waals surface area contributed by atoms with E-state index in [-0.39, 0.29) is 0 Å². The predicted molar refractivity (Wildman–Crippen MR) is 54.7 cm³/mol. The molecule has 0 saturated carbocycles. The Bertz CT molecular complexity index is 325. The maximum Gasteiger partial charge on any atom is 0.0625 e. The average molecular weight is 194 g/mol. The Hall–Kier alpha value is -1.00. The number of aryl methyl sites for hydroxylation is 2. The van der Waals surface area contributed by atoms with Gasteiger partial charge in [0.25, 0.3) is 0 Å². The van der Waals surface area contributed by atoms with E-state index in [1.54, 1.807) is 0 Å². The Labute approximate surface area is 84.0 Å². The predicted octanol–water partition coefficient (Wildman–Crippen LogP) is 3.19. The first-order valence-electron chi connectivity index (χ1n) is 4.29. The summed E-state index contributed by atoms with van der Waals surface area (Å²) < 4.78 is 0. The molecule has 0 aliphatic rings. The van der Waals surface area contributed by atoms with Gasteiger partial charge in [0.05, 0.1) is 6.07 Å². The summed E-state index contributed by atoms with van der Waals surface area (Å²) in [7, 11) is 0. The van der Waals surface area contributed by atoms with Gasteiger partial charge >= 0.3 is 0 Å². The molecule has 0 aliphatic heterocycles. The SMILES string of the molecule is Cc1ccc(CCl)c(CCC#N)c1. The van der Waals surface area contributed by atoms with E-state index in [1.165, 1.54) is 11.1 Å². The van der Waals surface area contributed by atoms with Gasteiger partial charge in [0.1, 0.15) is 0 Å². The summed E-state index contributed by atoms with van der Waals surface area (Å²) in [4.78, 5) is 0. The van der Waals surface area contributed by atoms with E-state index in [0.29, 0.717) is 12.3 Å². The lowest BCUT2D eigenvalue weighted by Gasteiger charge is -2.05. The summed E-state index contributed by atoms with van der Waals surface area (Å²) in [6, 6.07) is 8.34. The smallest absolute Gasteiger partial charge is 0.0625 e. The van der Waals surface area contributed by atoms with Crippen LogP contribution in [0.4, 0.5) is 0 Å². The molecule has 68 valence electrons. The van der Waals surface area contributed by atoms with Gasteiger partial charge in [-0.1, -0.05) is 23.8 Å². The number of nitriles is 1. The second kappa shape index (κ2) is 4.89. The van der Waals surface area contributed by atoms with Gasteiger partial charge in [0, 0.05) is 12.3 Å². The molecule has 1 rings (SSSR count). The maximum atomic E-state index is 8.48. The van der Waals surface area contributed by atoms with Gasteiger partial charge in [-0.3, -0.25) is 0 Å². The fourth-order valence-electron chi connectivity index (χ4n) is 1.31. The third-order valence-corrected chi connectivity index (χ3v) is 2.30. The van der Waals surface area contributed by atoms with Crippen molar-refractivity contribution in [3.05, 3.63) is 34.9 Å². The normalized spacial score (nSPS) is 9.62. The number of halogens is 1. The van der Waals surface area contributed by atoms with Crippen LogP contribution >= 0.6 is 11.6 Å². The van der Waals surface area contributed by atoms with Gasteiger partial charge in [-0.05, 0) is 24.5 Å². The molecule has 0 spiro atoms. The van der Waals surface area contributed by atoms with E-state index < -0.39 is 0 Å². The topological polar surface area (TPSA) is 23.8 Å². The molecule has 0 bridgehead atoms. The second-order valence-corrected chi connectivity index (χ2v) is 3.33. The molecule has 0 N–H and O–H groups in total. The van der Waals surface area contributed by atoms with Crippen LogP contribution in [0.15, 0.2) is 18.2 Å². The molecule has 2 heteroatoms. The van der Waals surface area contributed by atoms with E-state index in [1.807, 2.05) is 19.1 Å². The first-order valence-corrected chi connectivity index (χ1v) is 4.82. The summed E-state index contributed by atoms with van der Waals surface area (Å²) in [5.74, 6) is 0.529. The number of rotatable bonds is 3. The fourth-order valence-corrected chi connectivity index (χ4v) is 1.57. The van der Waals surface area contributed by atoms with Gasteiger partial charge in [0.15, 0.2) is 0 Å². The Morgan fingerprint density at radius 3 is 2.77 bits per heavy atom. The highest BCUT2D eigenvalue weighted by atomic mass is 35.5. The van der Waals surface area contributed by atoms with Gasteiger partial charge in [-0.15, -0.1) is 11.6 Å².